The number of halogens is 1. The lowest BCUT2D eigenvalue weighted by Crippen LogP contribution is -2.05. The van der Waals surface area contributed by atoms with Crippen molar-refractivity contribution in [2.75, 3.05) is 6.26 Å². The first kappa shape index (κ1) is 12.0. The molecular formula is C12H11FN2OS. The predicted octanol–water partition coefficient (Wildman–Crippen LogP) is 2.42. The number of hydrogen-bond donors (Lipinski definition) is 1. The van der Waals surface area contributed by atoms with Gasteiger partial charge in [-0.05, 0) is 12.3 Å². The summed E-state index contributed by atoms with van der Waals surface area (Å²) in [7, 11) is 0. The summed E-state index contributed by atoms with van der Waals surface area (Å²) in [6, 6.07) is 6.14. The molecule has 3 nitrogen and oxygen atoms in total. The standard InChI is InChI=1S/C12H11FN2OS/c1-17-12-9(6-14-7-15-12)11(16)8-4-2-3-5-10(8)13/h2-7,11,16H,1H3. The highest BCUT2D eigenvalue weighted by Crippen LogP contribution is 2.28. The van der Waals surface area contributed by atoms with Gasteiger partial charge in [0.15, 0.2) is 0 Å². The van der Waals surface area contributed by atoms with Crippen molar-refractivity contribution in [3.63, 3.8) is 0 Å². The van der Waals surface area contributed by atoms with Gasteiger partial charge in [0.2, 0.25) is 0 Å². The van der Waals surface area contributed by atoms with E-state index in [0.717, 1.165) is 0 Å². The van der Waals surface area contributed by atoms with Crippen LogP contribution in [0.15, 0.2) is 41.8 Å². The Kier molecular flexibility index (Phi) is 3.71. The molecule has 2 rings (SSSR count). The Morgan fingerprint density at radius 3 is 2.76 bits per heavy atom. The maximum atomic E-state index is 13.6. The van der Waals surface area contributed by atoms with Crippen LogP contribution in [0.25, 0.3) is 0 Å². The molecule has 2 aromatic rings. The first-order valence-corrected chi connectivity index (χ1v) is 6.23. The fraction of sp³-hybridized carbons (Fsp3) is 0.167. The highest BCUT2D eigenvalue weighted by molar-refractivity contribution is 7.98. The van der Waals surface area contributed by atoms with Crippen LogP contribution in [0, 0.1) is 5.82 Å². The van der Waals surface area contributed by atoms with E-state index in [4.69, 9.17) is 0 Å². The fourth-order valence-electron chi connectivity index (χ4n) is 1.55. The Bertz CT molecular complexity index is 521. The summed E-state index contributed by atoms with van der Waals surface area (Å²) < 4.78 is 13.6. The van der Waals surface area contributed by atoms with E-state index >= 15 is 0 Å². The third-order valence-electron chi connectivity index (χ3n) is 2.39. The summed E-state index contributed by atoms with van der Waals surface area (Å²) in [5.41, 5.74) is 0.753. The van der Waals surface area contributed by atoms with Gasteiger partial charge in [0, 0.05) is 17.3 Å². The molecule has 0 aliphatic heterocycles. The maximum Gasteiger partial charge on any atom is 0.129 e. The maximum absolute atomic E-state index is 13.6. The Balaban J connectivity index is 2.44. The molecule has 0 aliphatic carbocycles. The summed E-state index contributed by atoms with van der Waals surface area (Å²) in [5, 5.41) is 10.8. The van der Waals surface area contributed by atoms with Crippen molar-refractivity contribution >= 4 is 11.8 Å². The van der Waals surface area contributed by atoms with Gasteiger partial charge in [-0.25, -0.2) is 14.4 Å². The zero-order valence-corrected chi connectivity index (χ0v) is 9.99. The molecule has 0 bridgehead atoms. The smallest absolute Gasteiger partial charge is 0.129 e. The first-order valence-electron chi connectivity index (χ1n) is 5.00. The number of nitrogens with zero attached hydrogens (tertiary/aromatic N) is 2. The van der Waals surface area contributed by atoms with Gasteiger partial charge >= 0.3 is 0 Å². The molecule has 0 spiro atoms. The number of aromatic nitrogens is 2. The highest BCUT2D eigenvalue weighted by Gasteiger charge is 2.18. The van der Waals surface area contributed by atoms with E-state index in [1.165, 1.54) is 30.4 Å². The van der Waals surface area contributed by atoms with Crippen LogP contribution in [0.3, 0.4) is 0 Å². The normalized spacial score (nSPS) is 12.4. The molecule has 88 valence electrons. The number of aliphatic hydroxyl groups is 1. The van der Waals surface area contributed by atoms with Crippen LogP contribution in [0.5, 0.6) is 0 Å². The zero-order chi connectivity index (χ0) is 12.3. The van der Waals surface area contributed by atoms with Gasteiger partial charge in [-0.1, -0.05) is 18.2 Å². The molecule has 5 heteroatoms. The molecule has 0 radical (unpaired) electrons. The van der Waals surface area contributed by atoms with Crippen molar-refractivity contribution in [1.82, 2.24) is 9.97 Å². The van der Waals surface area contributed by atoms with E-state index in [1.54, 1.807) is 18.2 Å². The zero-order valence-electron chi connectivity index (χ0n) is 9.17. The third-order valence-corrected chi connectivity index (χ3v) is 3.12. The van der Waals surface area contributed by atoms with Gasteiger partial charge < -0.3 is 5.11 Å². The van der Waals surface area contributed by atoms with Crippen LogP contribution < -0.4 is 0 Å². The summed E-state index contributed by atoms with van der Waals surface area (Å²) in [4.78, 5) is 7.91. The molecule has 1 N–H and O–H groups in total. The minimum Gasteiger partial charge on any atom is -0.383 e. The quantitative estimate of drug-likeness (QED) is 0.671. The van der Waals surface area contributed by atoms with E-state index in [9.17, 15) is 9.50 Å². The van der Waals surface area contributed by atoms with Crippen molar-refractivity contribution in [2.45, 2.75) is 11.1 Å². The van der Waals surface area contributed by atoms with Crippen molar-refractivity contribution in [1.29, 1.82) is 0 Å². The van der Waals surface area contributed by atoms with Crippen molar-refractivity contribution in [3.05, 3.63) is 53.7 Å². The number of hydrogen-bond acceptors (Lipinski definition) is 4. The van der Waals surface area contributed by atoms with Crippen LogP contribution in [0.1, 0.15) is 17.2 Å². The lowest BCUT2D eigenvalue weighted by Gasteiger charge is -2.13. The van der Waals surface area contributed by atoms with Gasteiger partial charge in [-0.2, -0.15) is 0 Å². The van der Waals surface area contributed by atoms with Gasteiger partial charge in [0.25, 0.3) is 0 Å². The molecule has 1 aromatic heterocycles. The Hall–Kier alpha value is -1.46. The van der Waals surface area contributed by atoms with Gasteiger partial charge in [-0.15, -0.1) is 11.8 Å². The summed E-state index contributed by atoms with van der Waals surface area (Å²) in [5.74, 6) is -0.434. The topological polar surface area (TPSA) is 46.0 Å². The molecule has 0 fully saturated rings. The molecule has 17 heavy (non-hydrogen) atoms. The summed E-state index contributed by atoms with van der Waals surface area (Å²) in [6.45, 7) is 0. The lowest BCUT2D eigenvalue weighted by molar-refractivity contribution is 0.210. The van der Waals surface area contributed by atoms with Crippen LogP contribution in [0.2, 0.25) is 0 Å². The molecule has 0 amide bonds. The third kappa shape index (κ3) is 2.45. The molecule has 0 saturated heterocycles. The molecule has 1 aromatic carbocycles. The molecular weight excluding hydrogens is 239 g/mol. The monoisotopic (exact) mass is 250 g/mol. The van der Waals surface area contributed by atoms with E-state index in [1.807, 2.05) is 6.26 Å². The summed E-state index contributed by atoms with van der Waals surface area (Å²) >= 11 is 1.39. The SMILES string of the molecule is CSc1ncncc1C(O)c1ccccc1F. The molecule has 1 unspecified atom stereocenters. The van der Waals surface area contributed by atoms with Crippen molar-refractivity contribution in [3.8, 4) is 0 Å². The fourth-order valence-corrected chi connectivity index (χ4v) is 2.10. The van der Waals surface area contributed by atoms with Gasteiger partial charge in [-0.3, -0.25) is 0 Å². The van der Waals surface area contributed by atoms with Crippen LogP contribution in [-0.4, -0.2) is 21.3 Å². The van der Waals surface area contributed by atoms with Gasteiger partial charge in [0.05, 0.1) is 0 Å². The number of benzene rings is 1. The van der Waals surface area contributed by atoms with Gasteiger partial charge in [0.1, 0.15) is 23.3 Å². The predicted molar refractivity (Wildman–Crippen MR) is 64.3 cm³/mol. The number of aliphatic hydroxyl groups excluding tert-OH is 1. The van der Waals surface area contributed by atoms with E-state index < -0.39 is 11.9 Å². The molecule has 1 atom stereocenters. The Morgan fingerprint density at radius 2 is 2.06 bits per heavy atom. The second-order valence-electron chi connectivity index (χ2n) is 3.41. The van der Waals surface area contributed by atoms with Crippen LogP contribution >= 0.6 is 11.8 Å². The Labute approximate surface area is 103 Å². The van der Waals surface area contributed by atoms with E-state index in [0.29, 0.717) is 10.6 Å². The first-order chi connectivity index (χ1) is 8.24. The number of rotatable bonds is 3. The molecule has 0 saturated carbocycles. The largest absolute Gasteiger partial charge is 0.383 e. The Morgan fingerprint density at radius 1 is 1.29 bits per heavy atom. The summed E-state index contributed by atoms with van der Waals surface area (Å²) in [6.07, 6.45) is 3.72. The van der Waals surface area contributed by atoms with Crippen molar-refractivity contribution in [2.24, 2.45) is 0 Å². The molecule has 0 aliphatic rings. The lowest BCUT2D eigenvalue weighted by atomic mass is 10.0. The molecule has 1 heterocycles. The minimum atomic E-state index is -1.04. The number of thioether (sulfide) groups is 1. The van der Waals surface area contributed by atoms with E-state index in [2.05, 4.69) is 9.97 Å². The average Bonchev–Trinajstić information content (AvgIpc) is 2.38. The highest BCUT2D eigenvalue weighted by atomic mass is 32.2. The average molecular weight is 250 g/mol. The van der Waals surface area contributed by atoms with E-state index in [-0.39, 0.29) is 5.56 Å². The van der Waals surface area contributed by atoms with Crippen molar-refractivity contribution < 1.29 is 9.50 Å². The van der Waals surface area contributed by atoms with Crippen LogP contribution in [-0.2, 0) is 0 Å². The minimum absolute atomic E-state index is 0.234. The van der Waals surface area contributed by atoms with Crippen LogP contribution in [0.4, 0.5) is 4.39 Å². The second kappa shape index (κ2) is 5.25. The second-order valence-corrected chi connectivity index (χ2v) is 4.21.